The van der Waals surface area contributed by atoms with E-state index in [-0.39, 0.29) is 39.6 Å². The summed E-state index contributed by atoms with van der Waals surface area (Å²) in [5.74, 6) is -1.04. The molecule has 306 valence electrons. The maximum Gasteiger partial charge on any atom is 0.336 e. The van der Waals surface area contributed by atoms with Crippen molar-refractivity contribution in [2.45, 2.75) is 56.8 Å². The Balaban J connectivity index is 0.795. The number of fused-ring (bicyclic) bond motifs is 5. The number of rotatable bonds is 14. The lowest BCUT2D eigenvalue weighted by Gasteiger charge is -2.47. The van der Waals surface area contributed by atoms with E-state index in [0.717, 1.165) is 23.7 Å². The predicted octanol–water partition coefficient (Wildman–Crippen LogP) is 6.08. The minimum atomic E-state index is -1.16. The van der Waals surface area contributed by atoms with Gasteiger partial charge >= 0.3 is 5.97 Å². The van der Waals surface area contributed by atoms with Crippen LogP contribution in [0.25, 0.3) is 44.3 Å². The summed E-state index contributed by atoms with van der Waals surface area (Å²) in [4.78, 5) is 40.6. The Bertz CT molecular complexity index is 2540. The van der Waals surface area contributed by atoms with Crippen molar-refractivity contribution in [2.24, 2.45) is 0 Å². The molecule has 15 heteroatoms. The average molecular weight is 819 g/mol. The van der Waals surface area contributed by atoms with Crippen LogP contribution in [0.5, 0.6) is 5.75 Å². The third kappa shape index (κ3) is 8.78. The van der Waals surface area contributed by atoms with Crippen LogP contribution in [0, 0.1) is 0 Å². The van der Waals surface area contributed by atoms with Crippen LogP contribution in [0.1, 0.15) is 53.0 Å². The fourth-order valence-corrected chi connectivity index (χ4v) is 8.72. The Hall–Kier alpha value is -5.87. The van der Waals surface area contributed by atoms with Gasteiger partial charge in [0.2, 0.25) is 0 Å². The first kappa shape index (κ1) is 39.9. The number of amides is 1. The largest absolute Gasteiger partial charge is 0.508 e. The number of phenols is 1. The van der Waals surface area contributed by atoms with Crippen molar-refractivity contribution in [1.82, 2.24) is 25.3 Å². The smallest absolute Gasteiger partial charge is 0.336 e. The van der Waals surface area contributed by atoms with Crippen molar-refractivity contribution in [3.05, 3.63) is 100 Å². The second-order valence-electron chi connectivity index (χ2n) is 15.1. The molecule has 0 unspecified atom stereocenters. The Morgan fingerprint density at radius 3 is 2.47 bits per heavy atom. The molecule has 1 aromatic heterocycles. The summed E-state index contributed by atoms with van der Waals surface area (Å²) in [5, 5.41) is 36.1. The molecule has 2 bridgehead atoms. The molecule has 3 aliphatic heterocycles. The van der Waals surface area contributed by atoms with Gasteiger partial charge in [-0.3, -0.25) is 14.3 Å². The molecule has 0 saturated carbocycles. The zero-order valence-corrected chi connectivity index (χ0v) is 33.4. The number of hydrogen-bond donors (Lipinski definition) is 5. The van der Waals surface area contributed by atoms with E-state index in [2.05, 4.69) is 27.9 Å². The number of ether oxygens (including phenoxy) is 2. The van der Waals surface area contributed by atoms with Crippen molar-refractivity contribution >= 4 is 56.8 Å². The van der Waals surface area contributed by atoms with Crippen LogP contribution in [-0.2, 0) is 16.0 Å². The van der Waals surface area contributed by atoms with Crippen LogP contribution in [0.2, 0.25) is 0 Å². The number of thiocarbonyl (C=S) groups is 1. The minimum Gasteiger partial charge on any atom is -0.508 e. The van der Waals surface area contributed by atoms with Gasteiger partial charge in [-0.2, -0.15) is 5.10 Å². The van der Waals surface area contributed by atoms with E-state index in [4.69, 9.17) is 31.2 Å². The standard InChI is InChI=1S/C44H46N6O8S/c1-49-28-5-4-6-29(49)22-27(21-28)46-42(53)41-33-7-2-3-8-37(33)50(48-41)16-18-57-20-19-56-17-15-45-44(59)47-26-9-12-32(36(23-26)43(54)55)40-34-13-10-30(51)24-38(34)58-39-25-31(52)11-14-35(39)40/h2-3,7-14,23-25,27-29,51H,4-6,15-22H2,1H3,(H,46,53)(H,54,55)(H2,45,47,59)/t28-,29-/m0/s1. The summed E-state index contributed by atoms with van der Waals surface area (Å²) in [5.41, 5.74) is 3.36. The van der Waals surface area contributed by atoms with Gasteiger partial charge in [0, 0.05) is 64.4 Å². The van der Waals surface area contributed by atoms with Crippen molar-refractivity contribution in [3.8, 4) is 28.2 Å². The molecule has 3 aromatic carbocycles. The van der Waals surface area contributed by atoms with Gasteiger partial charge in [0.05, 0.1) is 44.1 Å². The summed E-state index contributed by atoms with van der Waals surface area (Å²) < 4.78 is 19.3. The topological polar surface area (TPSA) is 180 Å². The predicted molar refractivity (Wildman–Crippen MR) is 228 cm³/mol. The van der Waals surface area contributed by atoms with E-state index in [9.17, 15) is 24.6 Å². The molecule has 1 aliphatic carbocycles. The number of anilines is 1. The molecule has 4 aliphatic rings. The first-order valence-electron chi connectivity index (χ1n) is 19.9. The molecular formula is C44H46N6O8S. The number of para-hydroxylation sites is 1. The molecule has 4 heterocycles. The van der Waals surface area contributed by atoms with Crippen LogP contribution in [0.15, 0.2) is 88.1 Å². The van der Waals surface area contributed by atoms with E-state index in [1.165, 1.54) is 49.6 Å². The number of nitrogens with zero attached hydrogens (tertiary/aromatic N) is 3. The first-order valence-corrected chi connectivity index (χ1v) is 20.3. The van der Waals surface area contributed by atoms with Gasteiger partial charge in [0.15, 0.2) is 16.2 Å². The fourth-order valence-electron chi connectivity index (χ4n) is 8.50. The van der Waals surface area contributed by atoms with E-state index in [1.54, 1.807) is 24.3 Å². The van der Waals surface area contributed by atoms with Gasteiger partial charge in [-0.05, 0) is 93.0 Å². The summed E-state index contributed by atoms with van der Waals surface area (Å²) in [6, 6.07) is 22.8. The maximum absolute atomic E-state index is 13.5. The summed E-state index contributed by atoms with van der Waals surface area (Å²) in [6.45, 7) is 2.37. The van der Waals surface area contributed by atoms with Crippen LogP contribution in [0.4, 0.5) is 5.69 Å². The van der Waals surface area contributed by atoms with Gasteiger partial charge in [-0.1, -0.05) is 30.7 Å². The molecule has 5 N–H and O–H groups in total. The van der Waals surface area contributed by atoms with E-state index >= 15 is 0 Å². The highest BCUT2D eigenvalue weighted by Crippen LogP contribution is 2.42. The lowest BCUT2D eigenvalue weighted by atomic mass is 9.82. The molecule has 2 saturated heterocycles. The van der Waals surface area contributed by atoms with Gasteiger partial charge in [0.25, 0.3) is 5.91 Å². The molecule has 2 atom stereocenters. The molecule has 8 rings (SSSR count). The second-order valence-corrected chi connectivity index (χ2v) is 15.5. The zero-order chi connectivity index (χ0) is 41.0. The zero-order valence-electron chi connectivity index (χ0n) is 32.6. The summed E-state index contributed by atoms with van der Waals surface area (Å²) >= 11 is 5.47. The molecular weight excluding hydrogens is 773 g/mol. The Kier molecular flexibility index (Phi) is 11.9. The number of nitrogens with one attached hydrogen (secondary N) is 3. The normalized spacial score (nSPS) is 17.9. The van der Waals surface area contributed by atoms with E-state index in [0.29, 0.717) is 90.6 Å². The van der Waals surface area contributed by atoms with Crippen molar-refractivity contribution in [2.75, 3.05) is 45.3 Å². The third-order valence-corrected chi connectivity index (χ3v) is 11.6. The number of piperidine rings is 2. The van der Waals surface area contributed by atoms with Gasteiger partial charge in [-0.25, -0.2) is 4.79 Å². The number of aromatic carboxylic acids is 1. The van der Waals surface area contributed by atoms with Crippen molar-refractivity contribution < 1.29 is 33.7 Å². The van der Waals surface area contributed by atoms with Crippen molar-refractivity contribution in [1.29, 1.82) is 0 Å². The number of carboxylic acid groups (broad SMARTS) is 1. The van der Waals surface area contributed by atoms with Crippen LogP contribution < -0.4 is 21.4 Å². The number of aromatic nitrogens is 2. The number of aromatic hydroxyl groups is 1. The summed E-state index contributed by atoms with van der Waals surface area (Å²) in [7, 11) is 2.21. The number of phenolic OH excluding ortho intramolecular Hbond substituents is 1. The van der Waals surface area contributed by atoms with Gasteiger partial charge in [-0.15, -0.1) is 0 Å². The Morgan fingerprint density at radius 2 is 1.68 bits per heavy atom. The lowest BCUT2D eigenvalue weighted by Crippen LogP contribution is -2.55. The summed E-state index contributed by atoms with van der Waals surface area (Å²) in [6.07, 6.45) is 5.59. The highest BCUT2D eigenvalue weighted by atomic mass is 32.1. The maximum atomic E-state index is 13.5. The fraction of sp³-hybridized carbons (Fsp3) is 0.341. The Morgan fingerprint density at radius 1 is 0.915 bits per heavy atom. The molecule has 1 amide bonds. The molecule has 2 fully saturated rings. The van der Waals surface area contributed by atoms with E-state index in [1.807, 2.05) is 28.9 Å². The highest BCUT2D eigenvalue weighted by molar-refractivity contribution is 7.80. The Labute approximate surface area is 345 Å². The monoisotopic (exact) mass is 818 g/mol. The number of carbonyl (C=O) groups is 2. The minimum absolute atomic E-state index is 0.00522. The van der Waals surface area contributed by atoms with Gasteiger partial charge in [0.1, 0.15) is 17.1 Å². The molecule has 59 heavy (non-hydrogen) atoms. The molecule has 14 nitrogen and oxygen atoms in total. The number of carboxylic acids is 1. The number of hydrogen-bond acceptors (Lipinski definition) is 10. The second kappa shape index (κ2) is 17.5. The molecule has 0 spiro atoms. The quantitative estimate of drug-likeness (QED) is 0.0485. The van der Waals surface area contributed by atoms with Crippen LogP contribution in [-0.4, -0.2) is 100 Å². The molecule has 0 radical (unpaired) electrons. The van der Waals surface area contributed by atoms with Crippen molar-refractivity contribution in [3.63, 3.8) is 0 Å². The first-order chi connectivity index (χ1) is 28.6. The lowest BCUT2D eigenvalue weighted by molar-refractivity contribution is 0.0455. The third-order valence-electron chi connectivity index (χ3n) is 11.4. The SMILES string of the molecule is CN1[C@H]2CCC[C@H]1CC(NC(=O)c1nn(CCOCCOCCNC(=S)Nc3ccc(-c4c5ccc(=O)cc-5oc5cc(O)ccc45)c(C(=O)O)c3)c3ccccc13)C2. The average Bonchev–Trinajstić information content (AvgIpc) is 3.58. The van der Waals surface area contributed by atoms with Crippen LogP contribution in [0.3, 0.4) is 0 Å². The molecule has 4 aromatic rings. The number of carbonyl (C=O) groups excluding carboxylic acids is 1. The highest BCUT2D eigenvalue weighted by Gasteiger charge is 2.37. The van der Waals surface area contributed by atoms with Gasteiger partial charge < -0.3 is 45.0 Å². The van der Waals surface area contributed by atoms with Crippen LogP contribution >= 0.6 is 12.2 Å². The van der Waals surface area contributed by atoms with E-state index < -0.39 is 5.97 Å². The number of benzene rings is 4.